The Kier molecular flexibility index (Phi) is 4.81. The van der Waals surface area contributed by atoms with E-state index in [9.17, 15) is 4.79 Å². The smallest absolute Gasteiger partial charge is 0.237 e. The van der Waals surface area contributed by atoms with E-state index in [1.165, 1.54) is 0 Å². The molecule has 0 saturated heterocycles. The van der Waals surface area contributed by atoms with Crippen LogP contribution in [-0.4, -0.2) is 19.1 Å². The zero-order valence-electron chi connectivity index (χ0n) is 12.7. The van der Waals surface area contributed by atoms with Gasteiger partial charge < -0.3 is 15.8 Å². The number of nitrogens with one attached hydrogen (secondary N) is 1. The Hall–Kier alpha value is -2.07. The fourth-order valence-electron chi connectivity index (χ4n) is 2.12. The maximum absolute atomic E-state index is 11.9. The summed E-state index contributed by atoms with van der Waals surface area (Å²) in [4.78, 5) is 11.9. The van der Waals surface area contributed by atoms with E-state index in [0.29, 0.717) is 6.54 Å². The molecule has 0 saturated carbocycles. The molecule has 0 aromatic heterocycles. The summed E-state index contributed by atoms with van der Waals surface area (Å²) in [6.45, 7) is 4.36. The van der Waals surface area contributed by atoms with Crippen LogP contribution in [0.1, 0.15) is 19.4 Å². The van der Waals surface area contributed by atoms with Gasteiger partial charge in [-0.3, -0.25) is 4.79 Å². The second-order valence-corrected chi connectivity index (χ2v) is 5.54. The lowest BCUT2D eigenvalue weighted by atomic mass is 10.0. The van der Waals surface area contributed by atoms with Crippen molar-refractivity contribution < 1.29 is 9.53 Å². The average Bonchev–Trinajstić information content (AvgIpc) is 2.50. The molecule has 0 aliphatic carbocycles. The summed E-state index contributed by atoms with van der Waals surface area (Å²) < 4.78 is 5.21. The molecule has 0 unspecified atom stereocenters. The first-order valence-corrected chi connectivity index (χ1v) is 7.11. The standard InChI is InChI=1S/C17H22N2O2/c1-11(2)16(18)17(20)19-10-12-4-5-14-9-15(21-3)7-6-13(14)8-12/h4-9,11,16H,10,18H2,1-3H3,(H,19,20)/t16-/m0/s1. The Morgan fingerprint density at radius 3 is 2.52 bits per heavy atom. The molecule has 0 radical (unpaired) electrons. The number of fused-ring (bicyclic) bond motifs is 1. The van der Waals surface area contributed by atoms with Gasteiger partial charge in [0.25, 0.3) is 0 Å². The molecule has 0 aliphatic rings. The normalized spacial score (nSPS) is 12.4. The third kappa shape index (κ3) is 3.73. The molecule has 3 N–H and O–H groups in total. The largest absolute Gasteiger partial charge is 0.497 e. The van der Waals surface area contributed by atoms with Gasteiger partial charge in [0.1, 0.15) is 5.75 Å². The SMILES string of the molecule is COc1ccc2cc(CNC(=O)[C@@H](N)C(C)C)ccc2c1. The van der Waals surface area contributed by atoms with Crippen molar-refractivity contribution in [2.24, 2.45) is 11.7 Å². The number of nitrogens with two attached hydrogens (primary N) is 1. The Labute approximate surface area is 125 Å². The van der Waals surface area contributed by atoms with E-state index < -0.39 is 6.04 Å². The predicted molar refractivity (Wildman–Crippen MR) is 85.2 cm³/mol. The van der Waals surface area contributed by atoms with Crippen molar-refractivity contribution in [3.8, 4) is 5.75 Å². The first-order valence-electron chi connectivity index (χ1n) is 7.11. The van der Waals surface area contributed by atoms with Crippen molar-refractivity contribution in [3.05, 3.63) is 42.0 Å². The third-order valence-electron chi connectivity index (χ3n) is 3.60. The minimum Gasteiger partial charge on any atom is -0.497 e. The summed E-state index contributed by atoms with van der Waals surface area (Å²) in [5.41, 5.74) is 6.87. The summed E-state index contributed by atoms with van der Waals surface area (Å²) in [5, 5.41) is 5.11. The number of carbonyl (C=O) groups excluding carboxylic acids is 1. The van der Waals surface area contributed by atoms with Crippen LogP contribution in [0, 0.1) is 5.92 Å². The molecule has 0 fully saturated rings. The Balaban J connectivity index is 2.08. The molecule has 0 bridgehead atoms. The summed E-state index contributed by atoms with van der Waals surface area (Å²) in [6.07, 6.45) is 0. The first-order chi connectivity index (χ1) is 10.0. The zero-order chi connectivity index (χ0) is 15.4. The van der Waals surface area contributed by atoms with Crippen molar-refractivity contribution in [2.75, 3.05) is 7.11 Å². The summed E-state index contributed by atoms with van der Waals surface area (Å²) in [6, 6.07) is 11.6. The Morgan fingerprint density at radius 1 is 1.19 bits per heavy atom. The maximum atomic E-state index is 11.9. The third-order valence-corrected chi connectivity index (χ3v) is 3.60. The molecule has 0 heterocycles. The van der Waals surface area contributed by atoms with Crippen LogP contribution in [0.3, 0.4) is 0 Å². The lowest BCUT2D eigenvalue weighted by molar-refractivity contribution is -0.123. The minimum atomic E-state index is -0.463. The Bertz CT molecular complexity index is 638. The van der Waals surface area contributed by atoms with Crippen LogP contribution in [-0.2, 0) is 11.3 Å². The van der Waals surface area contributed by atoms with Crippen LogP contribution in [0.5, 0.6) is 5.75 Å². The summed E-state index contributed by atoms with van der Waals surface area (Å²) in [7, 11) is 1.66. The first kappa shape index (κ1) is 15.3. The molecule has 2 aromatic rings. The van der Waals surface area contributed by atoms with Crippen LogP contribution < -0.4 is 15.8 Å². The fraction of sp³-hybridized carbons (Fsp3) is 0.353. The van der Waals surface area contributed by atoms with E-state index in [1.54, 1.807) is 7.11 Å². The molecule has 1 amide bonds. The van der Waals surface area contributed by atoms with Crippen LogP contribution >= 0.6 is 0 Å². The van der Waals surface area contributed by atoms with Gasteiger partial charge in [0, 0.05) is 6.54 Å². The maximum Gasteiger partial charge on any atom is 0.237 e. The number of rotatable bonds is 5. The molecule has 1 atom stereocenters. The quantitative estimate of drug-likeness (QED) is 0.887. The fourth-order valence-corrected chi connectivity index (χ4v) is 2.12. The van der Waals surface area contributed by atoms with E-state index in [1.807, 2.05) is 44.2 Å². The number of carbonyl (C=O) groups is 1. The van der Waals surface area contributed by atoms with Gasteiger partial charge in [0.2, 0.25) is 5.91 Å². The van der Waals surface area contributed by atoms with E-state index in [2.05, 4.69) is 11.4 Å². The van der Waals surface area contributed by atoms with Crippen LogP contribution in [0.4, 0.5) is 0 Å². The minimum absolute atomic E-state index is 0.111. The molecule has 2 rings (SSSR count). The molecule has 112 valence electrons. The van der Waals surface area contributed by atoms with Crippen molar-refractivity contribution in [1.82, 2.24) is 5.32 Å². The molecular weight excluding hydrogens is 264 g/mol. The second-order valence-electron chi connectivity index (χ2n) is 5.54. The lowest BCUT2D eigenvalue weighted by Gasteiger charge is -2.15. The molecular formula is C17H22N2O2. The van der Waals surface area contributed by atoms with Gasteiger partial charge in [-0.25, -0.2) is 0 Å². The van der Waals surface area contributed by atoms with Crippen molar-refractivity contribution >= 4 is 16.7 Å². The highest BCUT2D eigenvalue weighted by molar-refractivity contribution is 5.85. The van der Waals surface area contributed by atoms with Gasteiger partial charge in [-0.15, -0.1) is 0 Å². The van der Waals surface area contributed by atoms with Gasteiger partial charge in [0.15, 0.2) is 0 Å². The average molecular weight is 286 g/mol. The lowest BCUT2D eigenvalue weighted by Crippen LogP contribution is -2.43. The number of ether oxygens (including phenoxy) is 1. The van der Waals surface area contributed by atoms with Crippen LogP contribution in [0.2, 0.25) is 0 Å². The van der Waals surface area contributed by atoms with Crippen molar-refractivity contribution in [3.63, 3.8) is 0 Å². The summed E-state index contributed by atoms with van der Waals surface area (Å²) >= 11 is 0. The predicted octanol–water partition coefficient (Wildman–Crippen LogP) is 2.45. The summed E-state index contributed by atoms with van der Waals surface area (Å²) in [5.74, 6) is 0.861. The number of benzene rings is 2. The van der Waals surface area contributed by atoms with Crippen molar-refractivity contribution in [1.29, 1.82) is 0 Å². The van der Waals surface area contributed by atoms with E-state index in [-0.39, 0.29) is 11.8 Å². The molecule has 21 heavy (non-hydrogen) atoms. The van der Waals surface area contributed by atoms with E-state index in [0.717, 1.165) is 22.1 Å². The molecule has 0 aliphatic heterocycles. The van der Waals surface area contributed by atoms with Gasteiger partial charge in [-0.1, -0.05) is 32.0 Å². The van der Waals surface area contributed by atoms with Gasteiger partial charge >= 0.3 is 0 Å². The monoisotopic (exact) mass is 286 g/mol. The van der Waals surface area contributed by atoms with E-state index in [4.69, 9.17) is 10.5 Å². The highest BCUT2D eigenvalue weighted by Crippen LogP contribution is 2.21. The van der Waals surface area contributed by atoms with Gasteiger partial charge in [-0.2, -0.15) is 0 Å². The molecule has 0 spiro atoms. The zero-order valence-corrected chi connectivity index (χ0v) is 12.7. The molecule has 4 heteroatoms. The topological polar surface area (TPSA) is 64.3 Å². The highest BCUT2D eigenvalue weighted by Gasteiger charge is 2.16. The van der Waals surface area contributed by atoms with Crippen LogP contribution in [0.25, 0.3) is 10.8 Å². The van der Waals surface area contributed by atoms with Gasteiger partial charge in [-0.05, 0) is 40.5 Å². The van der Waals surface area contributed by atoms with E-state index >= 15 is 0 Å². The van der Waals surface area contributed by atoms with Crippen LogP contribution in [0.15, 0.2) is 36.4 Å². The number of amides is 1. The van der Waals surface area contributed by atoms with Gasteiger partial charge in [0.05, 0.1) is 13.2 Å². The molecule has 2 aromatic carbocycles. The highest BCUT2D eigenvalue weighted by atomic mass is 16.5. The van der Waals surface area contributed by atoms with Crippen molar-refractivity contribution in [2.45, 2.75) is 26.4 Å². The molecule has 4 nitrogen and oxygen atoms in total. The number of hydrogen-bond acceptors (Lipinski definition) is 3. The Morgan fingerprint density at radius 2 is 1.86 bits per heavy atom. The number of hydrogen-bond donors (Lipinski definition) is 2. The second kappa shape index (κ2) is 6.59. The number of methoxy groups -OCH3 is 1.